The molecule has 0 aromatic heterocycles. The third-order valence-electron chi connectivity index (χ3n) is 4.14. The Hall–Kier alpha value is -3.39. The van der Waals surface area contributed by atoms with Gasteiger partial charge in [-0.15, -0.1) is 0 Å². The Morgan fingerprint density at radius 1 is 1.16 bits per heavy atom. The van der Waals surface area contributed by atoms with Gasteiger partial charge >= 0.3 is 0 Å². The Morgan fingerprint density at radius 2 is 1.84 bits per heavy atom. The lowest BCUT2D eigenvalue weighted by Crippen LogP contribution is -2.27. The molecule has 0 saturated heterocycles. The minimum absolute atomic E-state index is 0.157. The van der Waals surface area contributed by atoms with Crippen molar-refractivity contribution < 1.29 is 9.59 Å². The number of aryl methyl sites for hydroxylation is 1. The summed E-state index contributed by atoms with van der Waals surface area (Å²) in [6.07, 6.45) is 0. The van der Waals surface area contributed by atoms with Gasteiger partial charge < -0.3 is 10.2 Å². The van der Waals surface area contributed by atoms with Crippen LogP contribution in [0, 0.1) is 18.3 Å². The second-order valence-electron chi connectivity index (χ2n) is 5.75. The van der Waals surface area contributed by atoms with Gasteiger partial charge in [-0.25, -0.2) is 0 Å². The molecule has 2 aromatic carbocycles. The van der Waals surface area contributed by atoms with E-state index < -0.39 is 5.91 Å². The van der Waals surface area contributed by atoms with Crippen molar-refractivity contribution in [3.63, 3.8) is 0 Å². The third-order valence-corrected chi connectivity index (χ3v) is 4.14. The molecule has 0 aliphatic carbocycles. The van der Waals surface area contributed by atoms with Crippen LogP contribution in [-0.2, 0) is 9.59 Å². The number of nitrogens with zero attached hydrogens (tertiary/aromatic N) is 2. The standard InChI is InChI=1S/C20H17N3O2/c1-3-23-17-7-5-4-6-15(17)18(20(23)25)16(12-21)19(24)22-14-10-8-13(2)9-11-14/h4-11H,3H2,1-2H3,(H,22,24)/b18-16+. The minimum atomic E-state index is -0.581. The quantitative estimate of drug-likeness (QED) is 0.693. The van der Waals surface area contributed by atoms with Crippen molar-refractivity contribution in [2.75, 3.05) is 16.8 Å². The maximum atomic E-state index is 12.7. The average molecular weight is 331 g/mol. The lowest BCUT2D eigenvalue weighted by atomic mass is 10.0. The van der Waals surface area contributed by atoms with Crippen LogP contribution in [0.1, 0.15) is 18.1 Å². The molecule has 0 fully saturated rings. The Kier molecular flexibility index (Phi) is 4.36. The van der Waals surface area contributed by atoms with Crippen LogP contribution in [0.5, 0.6) is 0 Å². The van der Waals surface area contributed by atoms with Crippen LogP contribution in [0.25, 0.3) is 5.57 Å². The highest BCUT2D eigenvalue weighted by atomic mass is 16.2. The molecule has 0 saturated carbocycles. The van der Waals surface area contributed by atoms with Crippen molar-refractivity contribution in [2.45, 2.75) is 13.8 Å². The second kappa shape index (κ2) is 6.62. The van der Waals surface area contributed by atoms with Crippen molar-refractivity contribution in [2.24, 2.45) is 0 Å². The van der Waals surface area contributed by atoms with Crippen LogP contribution < -0.4 is 10.2 Å². The molecule has 1 aliphatic rings. The molecule has 2 aromatic rings. The number of hydrogen-bond donors (Lipinski definition) is 1. The van der Waals surface area contributed by atoms with Gasteiger partial charge in [0, 0.05) is 17.8 Å². The molecule has 5 nitrogen and oxygen atoms in total. The summed E-state index contributed by atoms with van der Waals surface area (Å²) in [5.41, 5.74) is 2.97. The van der Waals surface area contributed by atoms with Crippen LogP contribution in [0.15, 0.2) is 54.1 Å². The summed E-state index contributed by atoms with van der Waals surface area (Å²) in [4.78, 5) is 26.9. The summed E-state index contributed by atoms with van der Waals surface area (Å²) >= 11 is 0. The third kappa shape index (κ3) is 2.90. The molecule has 0 spiro atoms. The second-order valence-corrected chi connectivity index (χ2v) is 5.75. The number of carbonyl (C=O) groups is 2. The van der Waals surface area contributed by atoms with E-state index in [1.54, 1.807) is 29.2 Å². The first-order chi connectivity index (χ1) is 12.1. The number of nitriles is 1. The van der Waals surface area contributed by atoms with Crippen LogP contribution in [0.4, 0.5) is 11.4 Å². The van der Waals surface area contributed by atoms with Gasteiger partial charge in [0.25, 0.3) is 11.8 Å². The molecule has 0 bridgehead atoms. The average Bonchev–Trinajstić information content (AvgIpc) is 2.90. The SMILES string of the molecule is CCN1C(=O)/C(=C(\C#N)C(=O)Nc2ccc(C)cc2)c2ccccc21. The zero-order chi connectivity index (χ0) is 18.0. The predicted molar refractivity (Wildman–Crippen MR) is 96.8 cm³/mol. The van der Waals surface area contributed by atoms with Crippen molar-refractivity contribution in [3.05, 3.63) is 65.2 Å². The summed E-state index contributed by atoms with van der Waals surface area (Å²) < 4.78 is 0. The molecule has 5 heteroatoms. The molecule has 1 N–H and O–H groups in total. The fourth-order valence-electron chi connectivity index (χ4n) is 2.89. The molecule has 1 aliphatic heterocycles. The van der Waals surface area contributed by atoms with E-state index in [9.17, 15) is 14.9 Å². The van der Waals surface area contributed by atoms with E-state index >= 15 is 0 Å². The van der Waals surface area contributed by atoms with E-state index in [4.69, 9.17) is 0 Å². The van der Waals surface area contributed by atoms with Crippen LogP contribution in [-0.4, -0.2) is 18.4 Å². The molecule has 3 rings (SSSR count). The van der Waals surface area contributed by atoms with Gasteiger partial charge in [0.15, 0.2) is 0 Å². The Bertz CT molecular complexity index is 921. The van der Waals surface area contributed by atoms with Gasteiger partial charge in [0.1, 0.15) is 11.6 Å². The maximum absolute atomic E-state index is 12.7. The molecule has 124 valence electrons. The number of benzene rings is 2. The number of para-hydroxylation sites is 1. The van der Waals surface area contributed by atoms with Crippen LogP contribution in [0.2, 0.25) is 0 Å². The molecule has 1 heterocycles. The number of likely N-dealkylation sites (N-methyl/N-ethyl adjacent to an activating group) is 1. The minimum Gasteiger partial charge on any atom is -0.321 e. The summed E-state index contributed by atoms with van der Waals surface area (Å²) in [6.45, 7) is 4.27. The van der Waals surface area contributed by atoms with E-state index in [0.29, 0.717) is 17.8 Å². The number of carbonyl (C=O) groups excluding carboxylic acids is 2. The Labute approximate surface area is 146 Å². The summed E-state index contributed by atoms with van der Waals surface area (Å²) in [5, 5.41) is 12.2. The Morgan fingerprint density at radius 3 is 2.48 bits per heavy atom. The molecule has 0 unspecified atom stereocenters. The van der Waals surface area contributed by atoms with Gasteiger partial charge in [-0.1, -0.05) is 35.9 Å². The largest absolute Gasteiger partial charge is 0.321 e. The summed E-state index contributed by atoms with van der Waals surface area (Å²) in [6, 6.07) is 16.4. The molecule has 0 atom stereocenters. The van der Waals surface area contributed by atoms with E-state index in [-0.39, 0.29) is 17.1 Å². The highest BCUT2D eigenvalue weighted by Gasteiger charge is 2.35. The fraction of sp³-hybridized carbons (Fsp3) is 0.150. The number of anilines is 2. The molecular weight excluding hydrogens is 314 g/mol. The maximum Gasteiger partial charge on any atom is 0.267 e. The van der Waals surface area contributed by atoms with Gasteiger partial charge in [-0.3, -0.25) is 9.59 Å². The number of rotatable bonds is 3. The monoisotopic (exact) mass is 331 g/mol. The molecule has 2 amide bonds. The Balaban J connectivity index is 2.04. The number of hydrogen-bond acceptors (Lipinski definition) is 3. The van der Waals surface area contributed by atoms with Crippen molar-refractivity contribution in [1.82, 2.24) is 0 Å². The van der Waals surface area contributed by atoms with E-state index in [0.717, 1.165) is 11.3 Å². The lowest BCUT2D eigenvalue weighted by Gasteiger charge is -2.13. The van der Waals surface area contributed by atoms with Crippen LogP contribution in [0.3, 0.4) is 0 Å². The lowest BCUT2D eigenvalue weighted by molar-refractivity contribution is -0.114. The van der Waals surface area contributed by atoms with Gasteiger partial charge in [-0.2, -0.15) is 5.26 Å². The fourth-order valence-corrected chi connectivity index (χ4v) is 2.89. The normalized spacial score (nSPS) is 14.8. The highest BCUT2D eigenvalue weighted by molar-refractivity contribution is 6.37. The topological polar surface area (TPSA) is 73.2 Å². The highest BCUT2D eigenvalue weighted by Crippen LogP contribution is 2.38. The predicted octanol–water partition coefficient (Wildman–Crippen LogP) is 3.28. The number of nitrogens with one attached hydrogen (secondary N) is 1. The van der Waals surface area contributed by atoms with Crippen molar-refractivity contribution in [1.29, 1.82) is 5.26 Å². The van der Waals surface area contributed by atoms with Gasteiger partial charge in [-0.05, 0) is 32.0 Å². The molecular formula is C20H17N3O2. The van der Waals surface area contributed by atoms with Crippen molar-refractivity contribution >= 4 is 28.8 Å². The van der Waals surface area contributed by atoms with E-state index in [1.165, 1.54) is 0 Å². The smallest absolute Gasteiger partial charge is 0.267 e. The zero-order valence-corrected chi connectivity index (χ0v) is 14.0. The molecule has 25 heavy (non-hydrogen) atoms. The summed E-state index contributed by atoms with van der Waals surface area (Å²) in [5.74, 6) is -0.901. The number of fused-ring (bicyclic) bond motifs is 1. The molecule has 0 radical (unpaired) electrons. The van der Waals surface area contributed by atoms with Crippen molar-refractivity contribution in [3.8, 4) is 6.07 Å². The zero-order valence-electron chi connectivity index (χ0n) is 14.0. The van der Waals surface area contributed by atoms with E-state index in [2.05, 4.69) is 5.32 Å². The van der Waals surface area contributed by atoms with Gasteiger partial charge in [0.2, 0.25) is 0 Å². The van der Waals surface area contributed by atoms with E-state index in [1.807, 2.05) is 44.2 Å². The first-order valence-corrected chi connectivity index (χ1v) is 8.00. The first kappa shape index (κ1) is 16.5. The van der Waals surface area contributed by atoms with Crippen LogP contribution >= 0.6 is 0 Å². The first-order valence-electron chi connectivity index (χ1n) is 8.00. The van der Waals surface area contributed by atoms with Gasteiger partial charge in [0.05, 0.1) is 11.3 Å². The summed E-state index contributed by atoms with van der Waals surface area (Å²) in [7, 11) is 0. The number of amides is 2.